The zero-order valence-corrected chi connectivity index (χ0v) is 14.3. The normalized spacial score (nSPS) is 14.9. The standard InChI is InChI=1S/C18H17N3O3S/c22-25(23,21-10-9-20-14-19-12-15(20)13-21)18-8-4-7-17(11-18)24-16-5-2-1-3-6-16/h1-8,11-12,14H,9-10,13H2. The highest BCUT2D eigenvalue weighted by Crippen LogP contribution is 2.27. The number of aromatic nitrogens is 2. The predicted molar refractivity (Wildman–Crippen MR) is 92.8 cm³/mol. The van der Waals surface area contributed by atoms with E-state index in [1.165, 1.54) is 4.31 Å². The lowest BCUT2D eigenvalue weighted by Gasteiger charge is -2.27. The van der Waals surface area contributed by atoms with Crippen LogP contribution >= 0.6 is 0 Å². The number of rotatable bonds is 4. The van der Waals surface area contributed by atoms with Gasteiger partial charge in [-0.2, -0.15) is 4.31 Å². The molecule has 1 aromatic heterocycles. The summed E-state index contributed by atoms with van der Waals surface area (Å²) in [5.74, 6) is 1.16. The molecule has 2 aromatic carbocycles. The van der Waals surface area contributed by atoms with Crippen LogP contribution in [0.4, 0.5) is 0 Å². The number of sulfonamides is 1. The van der Waals surface area contributed by atoms with E-state index in [0.717, 1.165) is 5.69 Å². The average molecular weight is 355 g/mol. The Kier molecular flexibility index (Phi) is 4.03. The highest BCUT2D eigenvalue weighted by atomic mass is 32.2. The van der Waals surface area contributed by atoms with E-state index < -0.39 is 10.0 Å². The Bertz CT molecular complexity index is 984. The highest BCUT2D eigenvalue weighted by Gasteiger charge is 2.28. The molecule has 128 valence electrons. The first-order chi connectivity index (χ1) is 12.1. The molecule has 7 heteroatoms. The topological polar surface area (TPSA) is 64.4 Å². The van der Waals surface area contributed by atoms with Gasteiger partial charge in [-0.25, -0.2) is 13.4 Å². The molecule has 25 heavy (non-hydrogen) atoms. The Labute approximate surface area is 146 Å². The van der Waals surface area contributed by atoms with Gasteiger partial charge in [-0.05, 0) is 24.3 Å². The SMILES string of the molecule is O=S(=O)(c1cccc(Oc2ccccc2)c1)N1CCn2cncc2C1. The quantitative estimate of drug-likeness (QED) is 0.722. The molecule has 2 heterocycles. The number of fused-ring (bicyclic) bond motifs is 1. The zero-order chi connectivity index (χ0) is 17.3. The monoisotopic (exact) mass is 355 g/mol. The molecular formula is C18H17N3O3S. The maximum Gasteiger partial charge on any atom is 0.243 e. The first-order valence-corrected chi connectivity index (χ1v) is 9.39. The minimum atomic E-state index is -3.59. The summed E-state index contributed by atoms with van der Waals surface area (Å²) in [5, 5.41) is 0. The van der Waals surface area contributed by atoms with Crippen molar-refractivity contribution in [2.45, 2.75) is 18.0 Å². The largest absolute Gasteiger partial charge is 0.457 e. The molecule has 6 nitrogen and oxygen atoms in total. The van der Waals surface area contributed by atoms with Crippen molar-refractivity contribution in [2.75, 3.05) is 6.54 Å². The van der Waals surface area contributed by atoms with Crippen molar-refractivity contribution in [3.8, 4) is 11.5 Å². The van der Waals surface area contributed by atoms with Crippen molar-refractivity contribution in [3.05, 3.63) is 72.8 Å². The van der Waals surface area contributed by atoms with Gasteiger partial charge >= 0.3 is 0 Å². The van der Waals surface area contributed by atoms with Gasteiger partial charge in [0.15, 0.2) is 0 Å². The number of imidazole rings is 1. The molecule has 1 aliphatic heterocycles. The smallest absolute Gasteiger partial charge is 0.243 e. The van der Waals surface area contributed by atoms with Gasteiger partial charge in [0.2, 0.25) is 10.0 Å². The summed E-state index contributed by atoms with van der Waals surface area (Å²) in [6.45, 7) is 1.36. The van der Waals surface area contributed by atoms with E-state index in [-0.39, 0.29) is 4.90 Å². The summed E-state index contributed by atoms with van der Waals surface area (Å²) >= 11 is 0. The van der Waals surface area contributed by atoms with Crippen molar-refractivity contribution in [3.63, 3.8) is 0 Å². The average Bonchev–Trinajstić information content (AvgIpc) is 3.10. The number of benzene rings is 2. The zero-order valence-electron chi connectivity index (χ0n) is 13.4. The van der Waals surface area contributed by atoms with Gasteiger partial charge in [0.1, 0.15) is 11.5 Å². The van der Waals surface area contributed by atoms with Crippen LogP contribution in [0.2, 0.25) is 0 Å². The third-order valence-corrected chi connectivity index (χ3v) is 5.99. The molecular weight excluding hydrogens is 338 g/mol. The molecule has 0 N–H and O–H groups in total. The summed E-state index contributed by atoms with van der Waals surface area (Å²) in [4.78, 5) is 4.31. The maximum atomic E-state index is 13.0. The van der Waals surface area contributed by atoms with Crippen molar-refractivity contribution in [2.24, 2.45) is 0 Å². The molecule has 0 saturated carbocycles. The summed E-state index contributed by atoms with van der Waals surface area (Å²) in [7, 11) is -3.59. The van der Waals surface area contributed by atoms with Crippen LogP contribution in [0.25, 0.3) is 0 Å². The first kappa shape index (κ1) is 15.9. The molecule has 0 atom stereocenters. The minimum absolute atomic E-state index is 0.230. The fourth-order valence-electron chi connectivity index (χ4n) is 2.84. The van der Waals surface area contributed by atoms with Crippen molar-refractivity contribution >= 4 is 10.0 Å². The van der Waals surface area contributed by atoms with E-state index in [9.17, 15) is 8.42 Å². The van der Waals surface area contributed by atoms with E-state index in [2.05, 4.69) is 4.98 Å². The molecule has 0 fully saturated rings. The van der Waals surface area contributed by atoms with Crippen LogP contribution in [-0.2, 0) is 23.1 Å². The van der Waals surface area contributed by atoms with Crippen molar-refractivity contribution < 1.29 is 13.2 Å². The molecule has 0 unspecified atom stereocenters. The molecule has 1 aliphatic rings. The summed E-state index contributed by atoms with van der Waals surface area (Å²) < 4.78 is 35.1. The Hall–Kier alpha value is -2.64. The third-order valence-electron chi connectivity index (χ3n) is 4.15. The van der Waals surface area contributed by atoms with E-state index in [0.29, 0.717) is 31.1 Å². The van der Waals surface area contributed by atoms with Gasteiger partial charge in [0, 0.05) is 25.4 Å². The second-order valence-electron chi connectivity index (χ2n) is 5.81. The molecule has 0 amide bonds. The minimum Gasteiger partial charge on any atom is -0.457 e. The number of hydrogen-bond acceptors (Lipinski definition) is 4. The lowest BCUT2D eigenvalue weighted by atomic mass is 10.3. The summed E-state index contributed by atoms with van der Waals surface area (Å²) in [6, 6.07) is 15.9. The van der Waals surface area contributed by atoms with E-state index in [1.807, 2.05) is 34.9 Å². The van der Waals surface area contributed by atoms with E-state index >= 15 is 0 Å². The second-order valence-corrected chi connectivity index (χ2v) is 7.74. The van der Waals surface area contributed by atoms with Crippen LogP contribution in [0.5, 0.6) is 11.5 Å². The number of ether oxygens (including phenoxy) is 1. The molecule has 3 aromatic rings. The van der Waals surface area contributed by atoms with E-state index in [1.54, 1.807) is 36.8 Å². The van der Waals surface area contributed by atoms with Gasteiger partial charge in [-0.3, -0.25) is 0 Å². The number of para-hydroxylation sites is 1. The fourth-order valence-corrected chi connectivity index (χ4v) is 4.28. The van der Waals surface area contributed by atoms with Crippen LogP contribution in [0.3, 0.4) is 0 Å². The summed E-state index contributed by atoms with van der Waals surface area (Å²) in [5.41, 5.74) is 0.895. The van der Waals surface area contributed by atoms with Crippen LogP contribution in [0.15, 0.2) is 72.0 Å². The Morgan fingerprint density at radius 3 is 2.60 bits per heavy atom. The molecule has 0 bridgehead atoms. The Morgan fingerprint density at radius 2 is 1.76 bits per heavy atom. The molecule has 0 saturated heterocycles. The van der Waals surface area contributed by atoms with Crippen LogP contribution in [0, 0.1) is 0 Å². The first-order valence-electron chi connectivity index (χ1n) is 7.95. The van der Waals surface area contributed by atoms with Crippen LogP contribution < -0.4 is 4.74 Å². The lowest BCUT2D eigenvalue weighted by molar-refractivity contribution is 0.341. The predicted octanol–water partition coefficient (Wildman–Crippen LogP) is 2.88. The van der Waals surface area contributed by atoms with Crippen LogP contribution in [-0.4, -0.2) is 28.8 Å². The van der Waals surface area contributed by atoms with Gasteiger partial charge in [0.25, 0.3) is 0 Å². The number of hydrogen-bond donors (Lipinski definition) is 0. The molecule has 0 spiro atoms. The van der Waals surface area contributed by atoms with Gasteiger partial charge in [-0.15, -0.1) is 0 Å². The van der Waals surface area contributed by atoms with Gasteiger partial charge < -0.3 is 9.30 Å². The molecule has 4 rings (SSSR count). The highest BCUT2D eigenvalue weighted by molar-refractivity contribution is 7.89. The molecule has 0 radical (unpaired) electrons. The fraction of sp³-hybridized carbons (Fsp3) is 0.167. The Morgan fingerprint density at radius 1 is 0.960 bits per heavy atom. The third kappa shape index (κ3) is 3.16. The number of nitrogens with zero attached hydrogens (tertiary/aromatic N) is 3. The lowest BCUT2D eigenvalue weighted by Crippen LogP contribution is -2.37. The van der Waals surface area contributed by atoms with Gasteiger partial charge in [-0.1, -0.05) is 24.3 Å². The van der Waals surface area contributed by atoms with Gasteiger partial charge in [0.05, 0.1) is 23.5 Å². The summed E-state index contributed by atoms with van der Waals surface area (Å²) in [6.07, 6.45) is 3.43. The van der Waals surface area contributed by atoms with Crippen LogP contribution in [0.1, 0.15) is 5.69 Å². The second kappa shape index (κ2) is 6.34. The van der Waals surface area contributed by atoms with Crippen molar-refractivity contribution in [1.82, 2.24) is 13.9 Å². The van der Waals surface area contributed by atoms with E-state index in [4.69, 9.17) is 4.74 Å². The molecule has 0 aliphatic carbocycles. The Balaban J connectivity index is 1.60. The van der Waals surface area contributed by atoms with Crippen molar-refractivity contribution in [1.29, 1.82) is 0 Å². The maximum absolute atomic E-state index is 13.0.